The van der Waals surface area contributed by atoms with Crippen molar-refractivity contribution in [3.05, 3.63) is 69.5 Å². The summed E-state index contributed by atoms with van der Waals surface area (Å²) in [6, 6.07) is 11.1. The SMILES string of the molecule is CC(C)(C)CC1C(c2ccc(Cl)cc2F)C(c2cccc(Cl)c2)C(C(=O)OC(C)(C)C)N1CCCF. The maximum absolute atomic E-state index is 15.6. The van der Waals surface area contributed by atoms with Gasteiger partial charge in [0.05, 0.1) is 6.67 Å². The van der Waals surface area contributed by atoms with Crippen molar-refractivity contribution in [3.8, 4) is 0 Å². The third-order valence-corrected chi connectivity index (χ3v) is 6.97. The summed E-state index contributed by atoms with van der Waals surface area (Å²) in [5, 5.41) is 0.833. The van der Waals surface area contributed by atoms with Crippen molar-refractivity contribution in [1.29, 1.82) is 0 Å². The molecule has 3 rings (SSSR count). The van der Waals surface area contributed by atoms with Crippen LogP contribution in [0.25, 0.3) is 0 Å². The molecule has 0 saturated carbocycles. The number of halogens is 4. The highest BCUT2D eigenvalue weighted by atomic mass is 35.5. The van der Waals surface area contributed by atoms with Crippen molar-refractivity contribution >= 4 is 29.2 Å². The predicted octanol–water partition coefficient (Wildman–Crippen LogP) is 8.19. The molecule has 0 amide bonds. The second-order valence-electron chi connectivity index (χ2n) is 11.9. The Kier molecular flexibility index (Phi) is 9.12. The quantitative estimate of drug-likeness (QED) is 0.332. The van der Waals surface area contributed by atoms with E-state index in [4.69, 9.17) is 27.9 Å². The van der Waals surface area contributed by atoms with Gasteiger partial charge in [-0.25, -0.2) is 4.39 Å². The fraction of sp³-hybridized carbons (Fsp3) is 0.552. The van der Waals surface area contributed by atoms with Gasteiger partial charge in [0.25, 0.3) is 0 Å². The maximum atomic E-state index is 15.6. The van der Waals surface area contributed by atoms with Gasteiger partial charge in [-0.2, -0.15) is 0 Å². The van der Waals surface area contributed by atoms with Crippen LogP contribution in [0, 0.1) is 11.2 Å². The van der Waals surface area contributed by atoms with Gasteiger partial charge in [-0.05, 0) is 74.4 Å². The van der Waals surface area contributed by atoms with E-state index in [1.54, 1.807) is 18.2 Å². The number of carbonyl (C=O) groups is 1. The van der Waals surface area contributed by atoms with Crippen molar-refractivity contribution in [2.45, 2.75) is 83.9 Å². The van der Waals surface area contributed by atoms with Crippen LogP contribution in [-0.4, -0.2) is 41.8 Å². The molecule has 0 spiro atoms. The molecule has 0 radical (unpaired) electrons. The number of carbonyl (C=O) groups excluding carboxylic acids is 1. The van der Waals surface area contributed by atoms with Gasteiger partial charge in [-0.3, -0.25) is 14.1 Å². The predicted molar refractivity (Wildman–Crippen MR) is 143 cm³/mol. The molecule has 0 N–H and O–H groups in total. The Balaban J connectivity index is 2.29. The molecule has 1 saturated heterocycles. The number of alkyl halides is 1. The summed E-state index contributed by atoms with van der Waals surface area (Å²) in [6.07, 6.45) is 0.931. The minimum absolute atomic E-state index is 0.137. The fourth-order valence-corrected chi connectivity index (χ4v) is 5.75. The molecule has 1 heterocycles. The average Bonchev–Trinajstić information content (AvgIpc) is 3.03. The number of benzene rings is 2. The highest BCUT2D eigenvalue weighted by molar-refractivity contribution is 6.30. The standard InChI is InChI=1S/C29H37Cl2F2NO2/c1-28(2,3)17-23-25(21-12-11-20(31)16-22(21)33)24(18-9-7-10-19(30)15-18)26(34(23)14-8-13-32)27(35)36-29(4,5)6/h7,9-12,15-16,23-26H,8,13-14,17H2,1-6H3. The van der Waals surface area contributed by atoms with Crippen LogP contribution in [0.5, 0.6) is 0 Å². The third-order valence-electron chi connectivity index (χ3n) is 6.50. The molecule has 0 bridgehead atoms. The first-order chi connectivity index (χ1) is 16.7. The van der Waals surface area contributed by atoms with Gasteiger partial charge in [-0.15, -0.1) is 0 Å². The smallest absolute Gasteiger partial charge is 0.324 e. The molecule has 2 aromatic carbocycles. The lowest BCUT2D eigenvalue weighted by atomic mass is 9.74. The molecule has 3 nitrogen and oxygen atoms in total. The van der Waals surface area contributed by atoms with Crippen LogP contribution in [-0.2, 0) is 9.53 Å². The highest BCUT2D eigenvalue weighted by Crippen LogP contribution is 2.52. The molecule has 7 heteroatoms. The minimum atomic E-state index is -0.735. The molecule has 4 unspecified atom stereocenters. The van der Waals surface area contributed by atoms with Crippen LogP contribution in [0.3, 0.4) is 0 Å². The van der Waals surface area contributed by atoms with E-state index in [2.05, 4.69) is 20.8 Å². The zero-order chi connectivity index (χ0) is 26.8. The summed E-state index contributed by atoms with van der Waals surface area (Å²) in [7, 11) is 0. The number of ether oxygens (including phenoxy) is 1. The first-order valence-electron chi connectivity index (χ1n) is 12.5. The van der Waals surface area contributed by atoms with Gasteiger partial charge in [0.1, 0.15) is 17.5 Å². The van der Waals surface area contributed by atoms with Crippen LogP contribution in [0.4, 0.5) is 8.78 Å². The van der Waals surface area contributed by atoms with E-state index in [9.17, 15) is 9.18 Å². The Labute approximate surface area is 224 Å². The first kappa shape index (κ1) is 28.9. The average molecular weight is 541 g/mol. The Hall–Kier alpha value is -1.69. The fourth-order valence-electron chi connectivity index (χ4n) is 5.39. The van der Waals surface area contributed by atoms with Crippen LogP contribution in [0.15, 0.2) is 42.5 Å². The van der Waals surface area contributed by atoms with E-state index in [-0.39, 0.29) is 17.9 Å². The lowest BCUT2D eigenvalue weighted by Gasteiger charge is -2.35. The van der Waals surface area contributed by atoms with Crippen molar-refractivity contribution in [1.82, 2.24) is 4.90 Å². The normalized spacial score (nSPS) is 23.2. The summed E-state index contributed by atoms with van der Waals surface area (Å²) >= 11 is 12.5. The lowest BCUT2D eigenvalue weighted by Crippen LogP contribution is -2.46. The third kappa shape index (κ3) is 6.99. The van der Waals surface area contributed by atoms with Gasteiger partial charge in [0.15, 0.2) is 0 Å². The van der Waals surface area contributed by atoms with E-state index in [0.29, 0.717) is 28.6 Å². The van der Waals surface area contributed by atoms with E-state index < -0.39 is 41.9 Å². The van der Waals surface area contributed by atoms with Crippen molar-refractivity contribution in [2.75, 3.05) is 13.2 Å². The second-order valence-corrected chi connectivity index (χ2v) is 12.7. The molecule has 1 fully saturated rings. The van der Waals surface area contributed by atoms with Gasteiger partial charge in [-0.1, -0.05) is 62.2 Å². The Morgan fingerprint density at radius 1 is 1.00 bits per heavy atom. The number of nitrogens with zero attached hydrogens (tertiary/aromatic N) is 1. The van der Waals surface area contributed by atoms with Crippen molar-refractivity contribution < 1.29 is 18.3 Å². The number of rotatable bonds is 7. The van der Waals surface area contributed by atoms with Crippen molar-refractivity contribution in [3.63, 3.8) is 0 Å². The summed E-state index contributed by atoms with van der Waals surface area (Å²) < 4.78 is 34.9. The molecular weight excluding hydrogens is 503 g/mol. The number of hydrogen-bond donors (Lipinski definition) is 0. The number of likely N-dealkylation sites (tertiary alicyclic amines) is 1. The molecular formula is C29H37Cl2F2NO2. The van der Waals surface area contributed by atoms with E-state index >= 15 is 4.39 Å². The molecule has 36 heavy (non-hydrogen) atoms. The van der Waals surface area contributed by atoms with E-state index in [1.165, 1.54) is 6.07 Å². The Morgan fingerprint density at radius 2 is 1.67 bits per heavy atom. The summed E-state index contributed by atoms with van der Waals surface area (Å²) in [6.45, 7) is 11.7. The zero-order valence-corrected chi connectivity index (χ0v) is 23.5. The Bertz CT molecular complexity index is 1060. The topological polar surface area (TPSA) is 29.5 Å². The van der Waals surface area contributed by atoms with E-state index in [0.717, 1.165) is 5.56 Å². The van der Waals surface area contributed by atoms with Crippen molar-refractivity contribution in [2.24, 2.45) is 5.41 Å². The maximum Gasteiger partial charge on any atom is 0.324 e. The van der Waals surface area contributed by atoms with Gasteiger partial charge >= 0.3 is 5.97 Å². The van der Waals surface area contributed by atoms with Crippen LogP contribution >= 0.6 is 23.2 Å². The van der Waals surface area contributed by atoms with Gasteiger partial charge < -0.3 is 4.74 Å². The largest absolute Gasteiger partial charge is 0.459 e. The van der Waals surface area contributed by atoms with Gasteiger partial charge in [0, 0.05) is 34.5 Å². The molecule has 2 aromatic rings. The van der Waals surface area contributed by atoms with Crippen LogP contribution in [0.2, 0.25) is 10.0 Å². The van der Waals surface area contributed by atoms with Crippen LogP contribution < -0.4 is 0 Å². The molecule has 0 aromatic heterocycles. The number of hydrogen-bond acceptors (Lipinski definition) is 3. The van der Waals surface area contributed by atoms with Gasteiger partial charge in [0.2, 0.25) is 0 Å². The highest BCUT2D eigenvalue weighted by Gasteiger charge is 2.55. The Morgan fingerprint density at radius 3 is 2.22 bits per heavy atom. The minimum Gasteiger partial charge on any atom is -0.459 e. The summed E-state index contributed by atoms with van der Waals surface area (Å²) in [5.41, 5.74) is 0.445. The lowest BCUT2D eigenvalue weighted by molar-refractivity contribution is -0.161. The van der Waals surface area contributed by atoms with Crippen LogP contribution in [0.1, 0.15) is 77.3 Å². The second kappa shape index (κ2) is 11.4. The number of esters is 1. The summed E-state index contributed by atoms with van der Waals surface area (Å²) in [5.74, 6) is -1.69. The monoisotopic (exact) mass is 539 g/mol. The molecule has 1 aliphatic rings. The first-order valence-corrected chi connectivity index (χ1v) is 13.2. The molecule has 4 atom stereocenters. The molecule has 0 aliphatic carbocycles. The zero-order valence-electron chi connectivity index (χ0n) is 22.0. The summed E-state index contributed by atoms with van der Waals surface area (Å²) in [4.78, 5) is 15.9. The molecule has 1 aliphatic heterocycles. The van der Waals surface area contributed by atoms with E-state index in [1.807, 2.05) is 43.9 Å². The molecule has 198 valence electrons.